The number of hydrogen-bond acceptors (Lipinski definition) is 4. The van der Waals surface area contributed by atoms with E-state index in [9.17, 15) is 27.9 Å². The maximum absolute atomic E-state index is 12.8. The van der Waals surface area contributed by atoms with E-state index in [1.807, 2.05) is 0 Å². The van der Waals surface area contributed by atoms with Crippen molar-refractivity contribution in [2.45, 2.75) is 45.6 Å². The third-order valence-corrected chi connectivity index (χ3v) is 5.61. The molecule has 0 saturated heterocycles. The number of aryl methyl sites for hydroxylation is 1. The summed E-state index contributed by atoms with van der Waals surface area (Å²) in [6.07, 6.45) is -4.76. The number of nitrogens with one attached hydrogen (secondary N) is 1. The van der Waals surface area contributed by atoms with Crippen molar-refractivity contribution in [3.63, 3.8) is 0 Å². The summed E-state index contributed by atoms with van der Waals surface area (Å²) in [5, 5.41) is 12.0. The van der Waals surface area contributed by atoms with Crippen molar-refractivity contribution in [1.29, 1.82) is 0 Å². The first-order valence-electron chi connectivity index (χ1n) is 11.5. The molecule has 37 heavy (non-hydrogen) atoms. The molecule has 6 nitrogen and oxygen atoms in total. The zero-order valence-corrected chi connectivity index (χ0v) is 20.8. The first-order chi connectivity index (χ1) is 17.3. The highest BCUT2D eigenvalue weighted by Gasteiger charge is 2.30. The number of carbonyl (C=O) groups excluding carboxylic acids is 1. The molecular formula is C28H28F3NO5. The lowest BCUT2D eigenvalue weighted by atomic mass is 10.0. The summed E-state index contributed by atoms with van der Waals surface area (Å²) in [7, 11) is 0. The monoisotopic (exact) mass is 515 g/mol. The molecule has 196 valence electrons. The normalized spacial score (nSPS) is 12.5. The van der Waals surface area contributed by atoms with Crippen LogP contribution < -0.4 is 14.8 Å². The van der Waals surface area contributed by atoms with Gasteiger partial charge in [0.15, 0.2) is 5.60 Å². The molecule has 2 N–H and O–H groups in total. The highest BCUT2D eigenvalue weighted by molar-refractivity contribution is 5.94. The number of halogens is 3. The van der Waals surface area contributed by atoms with E-state index in [1.165, 1.54) is 26.0 Å². The number of aliphatic carboxylic acids is 1. The molecule has 0 saturated carbocycles. The fourth-order valence-corrected chi connectivity index (χ4v) is 3.41. The number of hydrogen-bond donors (Lipinski definition) is 2. The third-order valence-electron chi connectivity index (χ3n) is 5.61. The summed E-state index contributed by atoms with van der Waals surface area (Å²) in [5.74, 6) is -0.419. The molecule has 0 aliphatic heterocycles. The standard InChI is InChI=1S/C28H28F3NO5/c1-17-15-23(13-14-24(17)37-27(3,4)26(34)35)36-18(2)16-32-25(33)21-7-5-19(6-8-21)20-9-11-22(12-10-20)28(29,30)31/h5-15,18H,16H2,1-4H3,(H,32,33)(H,34,35). The van der Waals surface area contributed by atoms with Gasteiger partial charge in [-0.15, -0.1) is 0 Å². The zero-order chi connectivity index (χ0) is 27.4. The smallest absolute Gasteiger partial charge is 0.416 e. The quantitative estimate of drug-likeness (QED) is 0.359. The maximum Gasteiger partial charge on any atom is 0.416 e. The van der Waals surface area contributed by atoms with Gasteiger partial charge in [-0.2, -0.15) is 13.2 Å². The van der Waals surface area contributed by atoms with Crippen LogP contribution in [0.25, 0.3) is 11.1 Å². The van der Waals surface area contributed by atoms with Crippen LogP contribution in [0, 0.1) is 6.92 Å². The summed E-state index contributed by atoms with van der Waals surface area (Å²) in [6, 6.07) is 16.4. The molecule has 3 rings (SSSR count). The van der Waals surface area contributed by atoms with Crippen molar-refractivity contribution >= 4 is 11.9 Å². The molecule has 0 radical (unpaired) electrons. The molecule has 1 atom stereocenters. The molecule has 1 amide bonds. The summed E-state index contributed by atoms with van der Waals surface area (Å²) in [6.45, 7) is 6.73. The summed E-state index contributed by atoms with van der Waals surface area (Å²) in [5.41, 5.74) is 0.319. The molecule has 0 aliphatic rings. The van der Waals surface area contributed by atoms with Crippen molar-refractivity contribution in [3.05, 3.63) is 83.4 Å². The molecular weight excluding hydrogens is 487 g/mol. The van der Waals surface area contributed by atoms with Crippen LogP contribution in [0.4, 0.5) is 13.2 Å². The average Bonchev–Trinajstić information content (AvgIpc) is 2.84. The fraction of sp³-hybridized carbons (Fsp3) is 0.286. The topological polar surface area (TPSA) is 84.9 Å². The van der Waals surface area contributed by atoms with Crippen molar-refractivity contribution in [1.82, 2.24) is 5.32 Å². The number of alkyl halides is 3. The largest absolute Gasteiger partial charge is 0.489 e. The van der Waals surface area contributed by atoms with Crippen molar-refractivity contribution < 1.29 is 37.3 Å². The highest BCUT2D eigenvalue weighted by atomic mass is 19.4. The van der Waals surface area contributed by atoms with E-state index in [1.54, 1.807) is 56.3 Å². The second-order valence-electron chi connectivity index (χ2n) is 9.14. The van der Waals surface area contributed by atoms with Crippen molar-refractivity contribution in [2.24, 2.45) is 0 Å². The van der Waals surface area contributed by atoms with Gasteiger partial charge in [0.1, 0.15) is 17.6 Å². The molecule has 0 spiro atoms. The van der Waals surface area contributed by atoms with Gasteiger partial charge in [-0.05, 0) is 86.8 Å². The van der Waals surface area contributed by atoms with Gasteiger partial charge in [0, 0.05) is 5.56 Å². The lowest BCUT2D eigenvalue weighted by Gasteiger charge is -2.23. The summed E-state index contributed by atoms with van der Waals surface area (Å²) < 4.78 is 49.7. The van der Waals surface area contributed by atoms with E-state index in [4.69, 9.17) is 9.47 Å². The van der Waals surface area contributed by atoms with Crippen LogP contribution in [-0.2, 0) is 11.0 Å². The molecule has 0 aliphatic carbocycles. The van der Waals surface area contributed by atoms with Crippen LogP contribution in [0.1, 0.15) is 42.3 Å². The van der Waals surface area contributed by atoms with E-state index in [0.29, 0.717) is 33.8 Å². The van der Waals surface area contributed by atoms with Gasteiger partial charge in [0.2, 0.25) is 0 Å². The number of ether oxygens (including phenoxy) is 2. The Hall–Kier alpha value is -4.01. The van der Waals surface area contributed by atoms with Crippen LogP contribution in [0.5, 0.6) is 11.5 Å². The van der Waals surface area contributed by atoms with Crippen LogP contribution in [0.3, 0.4) is 0 Å². The Bertz CT molecular complexity index is 1250. The predicted molar refractivity (Wildman–Crippen MR) is 133 cm³/mol. The zero-order valence-electron chi connectivity index (χ0n) is 20.8. The molecule has 0 aromatic heterocycles. The molecule has 3 aromatic rings. The van der Waals surface area contributed by atoms with Gasteiger partial charge in [0.05, 0.1) is 12.1 Å². The van der Waals surface area contributed by atoms with Gasteiger partial charge >= 0.3 is 12.1 Å². The first kappa shape index (κ1) is 27.6. The average molecular weight is 516 g/mol. The number of benzene rings is 3. The van der Waals surface area contributed by atoms with E-state index in [2.05, 4.69) is 5.32 Å². The Balaban J connectivity index is 1.54. The van der Waals surface area contributed by atoms with Gasteiger partial charge in [-0.3, -0.25) is 4.79 Å². The van der Waals surface area contributed by atoms with E-state index >= 15 is 0 Å². The number of amides is 1. The van der Waals surface area contributed by atoms with Gasteiger partial charge < -0.3 is 19.9 Å². The molecule has 3 aromatic carbocycles. The highest BCUT2D eigenvalue weighted by Crippen LogP contribution is 2.31. The van der Waals surface area contributed by atoms with E-state index < -0.39 is 23.3 Å². The Morgan fingerprint density at radius 1 is 0.946 bits per heavy atom. The Labute approximate surface area is 213 Å². The lowest BCUT2D eigenvalue weighted by molar-refractivity contribution is -0.152. The van der Waals surface area contributed by atoms with Gasteiger partial charge in [-0.1, -0.05) is 24.3 Å². The van der Waals surface area contributed by atoms with Crippen LogP contribution in [0.15, 0.2) is 66.7 Å². The molecule has 0 bridgehead atoms. The number of rotatable bonds is 9. The molecule has 9 heteroatoms. The molecule has 0 fully saturated rings. The SMILES string of the molecule is Cc1cc(OC(C)CNC(=O)c2ccc(-c3ccc(C(F)(F)F)cc3)cc2)ccc1OC(C)(C)C(=O)O. The minimum atomic E-state index is -4.39. The van der Waals surface area contributed by atoms with E-state index in [0.717, 1.165) is 12.1 Å². The lowest BCUT2D eigenvalue weighted by Crippen LogP contribution is -2.38. The minimum absolute atomic E-state index is 0.225. The van der Waals surface area contributed by atoms with Crippen LogP contribution in [0.2, 0.25) is 0 Å². The Kier molecular flexibility index (Phi) is 8.15. The Morgan fingerprint density at radius 3 is 2.03 bits per heavy atom. The second-order valence-corrected chi connectivity index (χ2v) is 9.14. The fourth-order valence-electron chi connectivity index (χ4n) is 3.41. The van der Waals surface area contributed by atoms with Gasteiger partial charge in [0.25, 0.3) is 5.91 Å². The van der Waals surface area contributed by atoms with E-state index in [-0.39, 0.29) is 18.6 Å². The third kappa shape index (κ3) is 7.25. The van der Waals surface area contributed by atoms with Crippen LogP contribution >= 0.6 is 0 Å². The number of carboxylic acid groups (broad SMARTS) is 1. The number of carbonyl (C=O) groups is 2. The maximum atomic E-state index is 12.8. The minimum Gasteiger partial charge on any atom is -0.489 e. The first-order valence-corrected chi connectivity index (χ1v) is 11.5. The second kappa shape index (κ2) is 10.9. The number of carboxylic acids is 1. The van der Waals surface area contributed by atoms with Crippen molar-refractivity contribution in [2.75, 3.05) is 6.54 Å². The summed E-state index contributed by atoms with van der Waals surface area (Å²) >= 11 is 0. The predicted octanol–water partition coefficient (Wildman–Crippen LogP) is 6.12. The summed E-state index contributed by atoms with van der Waals surface area (Å²) in [4.78, 5) is 23.8. The molecule has 0 heterocycles. The van der Waals surface area contributed by atoms with Gasteiger partial charge in [-0.25, -0.2) is 4.79 Å². The Morgan fingerprint density at radius 2 is 1.51 bits per heavy atom. The molecule has 1 unspecified atom stereocenters. The van der Waals surface area contributed by atoms with Crippen LogP contribution in [-0.4, -0.2) is 35.2 Å². The van der Waals surface area contributed by atoms with Crippen molar-refractivity contribution in [3.8, 4) is 22.6 Å².